The maximum Gasteiger partial charge on any atom is 0.227 e. The molecule has 0 amide bonds. The fourth-order valence-corrected chi connectivity index (χ4v) is 3.44. The van der Waals surface area contributed by atoms with Crippen LogP contribution in [0.4, 0.5) is 0 Å². The number of pyridine rings is 1. The van der Waals surface area contributed by atoms with Crippen LogP contribution in [0.5, 0.6) is 5.75 Å². The van der Waals surface area contributed by atoms with Crippen molar-refractivity contribution in [2.75, 3.05) is 7.11 Å². The second-order valence-corrected chi connectivity index (χ2v) is 6.81. The van der Waals surface area contributed by atoms with Gasteiger partial charge in [0.15, 0.2) is 18.2 Å². The molecule has 0 atom stereocenters. The Balaban J connectivity index is 1.49. The summed E-state index contributed by atoms with van der Waals surface area (Å²) in [7, 11) is 1.61. The molecule has 138 valence electrons. The van der Waals surface area contributed by atoms with Crippen LogP contribution < -0.4 is 9.30 Å². The smallest absolute Gasteiger partial charge is 0.227 e. The summed E-state index contributed by atoms with van der Waals surface area (Å²) < 4.78 is 9.25. The minimum absolute atomic E-state index is 0.0618. The summed E-state index contributed by atoms with van der Waals surface area (Å²) in [4.78, 5) is 12.5. The van der Waals surface area contributed by atoms with Crippen molar-refractivity contribution in [2.45, 2.75) is 38.8 Å². The van der Waals surface area contributed by atoms with Crippen LogP contribution in [0, 0.1) is 0 Å². The summed E-state index contributed by atoms with van der Waals surface area (Å²) in [6.45, 7) is 1.27. The van der Waals surface area contributed by atoms with E-state index < -0.39 is 0 Å². The van der Waals surface area contributed by atoms with Gasteiger partial charge in [-0.1, -0.05) is 6.42 Å². The third kappa shape index (κ3) is 3.74. The van der Waals surface area contributed by atoms with E-state index >= 15 is 0 Å². The third-order valence-corrected chi connectivity index (χ3v) is 5.00. The molecule has 0 spiro atoms. The van der Waals surface area contributed by atoms with E-state index in [2.05, 4.69) is 14.8 Å². The highest BCUT2D eigenvalue weighted by molar-refractivity contribution is 5.95. The second-order valence-electron chi connectivity index (χ2n) is 6.81. The van der Waals surface area contributed by atoms with Crippen LogP contribution in [0.3, 0.4) is 0 Å². The van der Waals surface area contributed by atoms with Crippen LogP contribution >= 0.6 is 0 Å². The van der Waals surface area contributed by atoms with E-state index in [1.54, 1.807) is 31.4 Å². The van der Waals surface area contributed by atoms with Crippen LogP contribution in [-0.2, 0) is 19.5 Å². The Morgan fingerprint density at radius 2 is 1.85 bits per heavy atom. The van der Waals surface area contributed by atoms with Gasteiger partial charge in [-0.2, -0.15) is 4.57 Å². The number of ether oxygens (including phenoxy) is 1. The van der Waals surface area contributed by atoms with Crippen LogP contribution in [0.2, 0.25) is 0 Å². The van der Waals surface area contributed by atoms with E-state index in [9.17, 15) is 4.79 Å². The lowest BCUT2D eigenvalue weighted by molar-refractivity contribution is -0.683. The zero-order chi connectivity index (χ0) is 18.6. The van der Waals surface area contributed by atoms with Crippen molar-refractivity contribution in [1.29, 1.82) is 0 Å². The molecule has 0 aliphatic carbocycles. The summed E-state index contributed by atoms with van der Waals surface area (Å²) in [6, 6.07) is 11.2. The molecule has 0 N–H and O–H groups in total. The molecule has 0 unspecified atom stereocenters. The number of ketones is 1. The van der Waals surface area contributed by atoms with E-state index in [0.29, 0.717) is 12.1 Å². The van der Waals surface area contributed by atoms with Gasteiger partial charge in [0.2, 0.25) is 12.3 Å². The first-order chi connectivity index (χ1) is 13.2. The van der Waals surface area contributed by atoms with Gasteiger partial charge in [0.25, 0.3) is 0 Å². The first kappa shape index (κ1) is 17.4. The fourth-order valence-electron chi connectivity index (χ4n) is 3.44. The van der Waals surface area contributed by atoms with E-state index in [1.165, 1.54) is 19.3 Å². The Bertz CT molecular complexity index is 930. The van der Waals surface area contributed by atoms with Crippen LogP contribution in [0.15, 0.2) is 48.8 Å². The Morgan fingerprint density at radius 1 is 1.07 bits per heavy atom. The van der Waals surface area contributed by atoms with Gasteiger partial charge in [0, 0.05) is 36.2 Å². The SMILES string of the molecule is COc1ccc(C(=O)C[n+]2ccc(-c3nnc4n3CCCCC4)cc2)cc1. The molecule has 2 aromatic heterocycles. The predicted octanol–water partition coefficient (Wildman–Crippen LogP) is 2.85. The van der Waals surface area contributed by atoms with Crippen molar-refractivity contribution in [1.82, 2.24) is 14.8 Å². The average molecular weight is 363 g/mol. The molecule has 27 heavy (non-hydrogen) atoms. The quantitative estimate of drug-likeness (QED) is 0.517. The molecule has 0 fully saturated rings. The number of carbonyl (C=O) groups excluding carboxylic acids is 1. The third-order valence-electron chi connectivity index (χ3n) is 5.00. The standard InChI is InChI=1S/C21H23N4O2/c1-27-18-8-6-16(7-9-18)19(26)15-24-13-10-17(11-14-24)21-23-22-20-5-3-2-4-12-25(20)21/h6-11,13-14H,2-5,12,15H2,1H3/q+1. The van der Waals surface area contributed by atoms with Gasteiger partial charge in [-0.05, 0) is 37.1 Å². The van der Waals surface area contributed by atoms with Gasteiger partial charge in [-0.25, -0.2) is 0 Å². The lowest BCUT2D eigenvalue weighted by atomic mass is 10.1. The summed E-state index contributed by atoms with van der Waals surface area (Å²) in [5.74, 6) is 2.80. The highest BCUT2D eigenvalue weighted by Gasteiger charge is 2.17. The predicted molar refractivity (Wildman–Crippen MR) is 101 cm³/mol. The number of methoxy groups -OCH3 is 1. The molecule has 3 heterocycles. The number of Topliss-reactive ketones (excluding diaryl/α,β-unsaturated/α-hetero) is 1. The maximum atomic E-state index is 12.5. The van der Waals surface area contributed by atoms with Gasteiger partial charge in [0.05, 0.1) is 7.11 Å². The van der Waals surface area contributed by atoms with E-state index in [4.69, 9.17) is 4.74 Å². The van der Waals surface area contributed by atoms with E-state index in [0.717, 1.165) is 35.9 Å². The largest absolute Gasteiger partial charge is 0.497 e. The molecule has 1 aliphatic rings. The van der Waals surface area contributed by atoms with Crippen molar-refractivity contribution >= 4 is 5.78 Å². The number of rotatable bonds is 5. The molecule has 4 rings (SSSR count). The number of hydrogen-bond donors (Lipinski definition) is 0. The zero-order valence-corrected chi connectivity index (χ0v) is 15.5. The van der Waals surface area contributed by atoms with Crippen molar-refractivity contribution in [3.05, 3.63) is 60.2 Å². The molecule has 6 heteroatoms. The monoisotopic (exact) mass is 363 g/mol. The lowest BCUT2D eigenvalue weighted by Crippen LogP contribution is -2.37. The minimum Gasteiger partial charge on any atom is -0.497 e. The van der Waals surface area contributed by atoms with Crippen LogP contribution in [0.25, 0.3) is 11.4 Å². The molecule has 3 aromatic rings. The highest BCUT2D eigenvalue weighted by Crippen LogP contribution is 2.21. The van der Waals surface area contributed by atoms with Crippen molar-refractivity contribution in [3.63, 3.8) is 0 Å². The number of nitrogens with zero attached hydrogens (tertiary/aromatic N) is 4. The first-order valence-electron chi connectivity index (χ1n) is 9.33. The molecule has 6 nitrogen and oxygen atoms in total. The summed E-state index contributed by atoms with van der Waals surface area (Å²) in [5, 5.41) is 8.75. The Labute approximate surface area is 158 Å². The van der Waals surface area contributed by atoms with Crippen LogP contribution in [0.1, 0.15) is 35.4 Å². The van der Waals surface area contributed by atoms with Crippen LogP contribution in [-0.4, -0.2) is 27.7 Å². The number of aryl methyl sites for hydroxylation is 1. The number of aromatic nitrogens is 4. The van der Waals surface area contributed by atoms with Crippen molar-refractivity contribution in [3.8, 4) is 17.1 Å². The lowest BCUT2D eigenvalue weighted by Gasteiger charge is -2.06. The Kier molecular flexibility index (Phi) is 4.96. The highest BCUT2D eigenvalue weighted by atomic mass is 16.5. The van der Waals surface area contributed by atoms with Crippen molar-refractivity contribution in [2.24, 2.45) is 0 Å². The molecule has 0 bridgehead atoms. The second kappa shape index (κ2) is 7.70. The number of benzene rings is 1. The molecule has 0 radical (unpaired) electrons. The summed E-state index contributed by atoms with van der Waals surface area (Å²) in [5.41, 5.74) is 1.71. The average Bonchev–Trinajstić information content (AvgIpc) is 2.96. The van der Waals surface area contributed by atoms with Gasteiger partial charge >= 0.3 is 0 Å². The molecule has 1 aliphatic heterocycles. The summed E-state index contributed by atoms with van der Waals surface area (Å²) in [6.07, 6.45) is 8.44. The number of carbonyl (C=O) groups is 1. The molecule has 0 saturated carbocycles. The van der Waals surface area contributed by atoms with Gasteiger partial charge in [-0.15, -0.1) is 10.2 Å². The van der Waals surface area contributed by atoms with Gasteiger partial charge in [-0.3, -0.25) is 4.79 Å². The maximum absolute atomic E-state index is 12.5. The Hall–Kier alpha value is -3.02. The minimum atomic E-state index is 0.0618. The van der Waals surface area contributed by atoms with Gasteiger partial charge in [0.1, 0.15) is 11.6 Å². The zero-order valence-electron chi connectivity index (χ0n) is 15.5. The summed E-state index contributed by atoms with van der Waals surface area (Å²) >= 11 is 0. The molecule has 0 saturated heterocycles. The first-order valence-corrected chi connectivity index (χ1v) is 9.33. The van der Waals surface area contributed by atoms with Gasteiger partial charge < -0.3 is 9.30 Å². The number of fused-ring (bicyclic) bond motifs is 1. The van der Waals surface area contributed by atoms with E-state index in [-0.39, 0.29) is 5.78 Å². The topological polar surface area (TPSA) is 60.9 Å². The fraction of sp³-hybridized carbons (Fsp3) is 0.333. The normalized spacial score (nSPS) is 13.7. The van der Waals surface area contributed by atoms with E-state index in [1.807, 2.05) is 29.1 Å². The van der Waals surface area contributed by atoms with Crippen molar-refractivity contribution < 1.29 is 14.1 Å². The molecule has 1 aromatic carbocycles. The molecular formula is C21H23N4O2+. The number of hydrogen-bond acceptors (Lipinski definition) is 4. The Morgan fingerprint density at radius 3 is 2.59 bits per heavy atom. The molecular weight excluding hydrogens is 340 g/mol.